The highest BCUT2D eigenvalue weighted by Crippen LogP contribution is 2.23. The first kappa shape index (κ1) is 16.9. The molecular formula is C19H24N2O2. The first-order valence-corrected chi connectivity index (χ1v) is 8.02. The van der Waals surface area contributed by atoms with E-state index in [1.54, 1.807) is 0 Å². The minimum absolute atomic E-state index is 0.00158. The zero-order chi connectivity index (χ0) is 16.7. The molecule has 0 aromatic heterocycles. The maximum atomic E-state index is 12.0. The molecule has 0 aliphatic rings. The van der Waals surface area contributed by atoms with Gasteiger partial charge in [0.1, 0.15) is 5.75 Å². The van der Waals surface area contributed by atoms with Crippen LogP contribution in [-0.2, 0) is 17.6 Å². The van der Waals surface area contributed by atoms with Gasteiger partial charge < -0.3 is 15.8 Å². The van der Waals surface area contributed by atoms with Gasteiger partial charge in [-0.15, -0.1) is 0 Å². The minimum atomic E-state index is 0.00158. The molecule has 23 heavy (non-hydrogen) atoms. The third-order valence-electron chi connectivity index (χ3n) is 3.66. The second kappa shape index (κ2) is 8.22. The summed E-state index contributed by atoms with van der Waals surface area (Å²) in [5.74, 6) is 0.693. The minimum Gasteiger partial charge on any atom is -0.492 e. The first-order chi connectivity index (χ1) is 11.1. The third kappa shape index (κ3) is 5.02. The fourth-order valence-corrected chi connectivity index (χ4v) is 2.35. The number of nitrogens with one attached hydrogen (secondary N) is 1. The summed E-state index contributed by atoms with van der Waals surface area (Å²) in [4.78, 5) is 12.0. The molecule has 0 spiro atoms. The first-order valence-electron chi connectivity index (χ1n) is 8.02. The van der Waals surface area contributed by atoms with Crippen molar-refractivity contribution in [3.05, 3.63) is 53.6 Å². The number of amides is 1. The smallest absolute Gasteiger partial charge is 0.224 e. The normalized spacial score (nSPS) is 10.3. The maximum absolute atomic E-state index is 12.0. The molecule has 4 heteroatoms. The molecule has 0 saturated carbocycles. The van der Waals surface area contributed by atoms with Gasteiger partial charge in [0.25, 0.3) is 0 Å². The van der Waals surface area contributed by atoms with E-state index in [1.165, 1.54) is 5.56 Å². The molecule has 3 N–H and O–H groups in total. The predicted molar refractivity (Wildman–Crippen MR) is 94.8 cm³/mol. The Bertz CT molecular complexity index is 651. The van der Waals surface area contributed by atoms with Crippen LogP contribution in [0.5, 0.6) is 5.75 Å². The standard InChI is InChI=1S/C19H24N2O2/c1-3-14-5-9-16(10-6-14)21-19(22)12-8-15-7-11-18(23-4-2)17(20)13-15/h5-7,9-11,13H,3-4,8,12,20H2,1-2H3,(H,21,22). The highest BCUT2D eigenvalue weighted by Gasteiger charge is 2.06. The van der Waals surface area contributed by atoms with Gasteiger partial charge in [-0.1, -0.05) is 25.1 Å². The van der Waals surface area contributed by atoms with E-state index >= 15 is 0 Å². The van der Waals surface area contributed by atoms with Gasteiger partial charge in [-0.05, 0) is 55.2 Å². The van der Waals surface area contributed by atoms with E-state index in [1.807, 2.05) is 49.4 Å². The van der Waals surface area contributed by atoms with Crippen molar-refractivity contribution in [3.63, 3.8) is 0 Å². The topological polar surface area (TPSA) is 64.3 Å². The van der Waals surface area contributed by atoms with E-state index in [0.29, 0.717) is 30.9 Å². The van der Waals surface area contributed by atoms with Crippen LogP contribution in [-0.4, -0.2) is 12.5 Å². The SMILES string of the molecule is CCOc1ccc(CCC(=O)Nc2ccc(CC)cc2)cc1N. The van der Waals surface area contributed by atoms with Crippen molar-refractivity contribution in [1.82, 2.24) is 0 Å². The van der Waals surface area contributed by atoms with Crippen LogP contribution < -0.4 is 15.8 Å². The van der Waals surface area contributed by atoms with Gasteiger partial charge in [0.05, 0.1) is 12.3 Å². The molecule has 0 fully saturated rings. The number of carbonyl (C=O) groups excluding carboxylic acids is 1. The van der Waals surface area contributed by atoms with Gasteiger partial charge in [0.15, 0.2) is 0 Å². The number of hydrogen-bond donors (Lipinski definition) is 2. The summed E-state index contributed by atoms with van der Waals surface area (Å²) in [6.45, 7) is 4.61. The van der Waals surface area contributed by atoms with Gasteiger partial charge in [-0.3, -0.25) is 4.79 Å². The Hall–Kier alpha value is -2.49. The Labute approximate surface area is 137 Å². The van der Waals surface area contributed by atoms with Crippen molar-refractivity contribution in [2.45, 2.75) is 33.1 Å². The van der Waals surface area contributed by atoms with Crippen molar-refractivity contribution in [3.8, 4) is 5.75 Å². The van der Waals surface area contributed by atoms with Crippen molar-refractivity contribution in [2.24, 2.45) is 0 Å². The summed E-state index contributed by atoms with van der Waals surface area (Å²) in [5, 5.41) is 2.91. The second-order valence-electron chi connectivity index (χ2n) is 5.40. The molecule has 0 heterocycles. The lowest BCUT2D eigenvalue weighted by atomic mass is 10.1. The Morgan fingerprint density at radius 2 is 1.78 bits per heavy atom. The van der Waals surface area contributed by atoms with Crippen molar-refractivity contribution in [2.75, 3.05) is 17.7 Å². The van der Waals surface area contributed by atoms with E-state index in [4.69, 9.17) is 10.5 Å². The molecule has 2 aromatic carbocycles. The van der Waals surface area contributed by atoms with Gasteiger partial charge in [0.2, 0.25) is 5.91 Å². The highest BCUT2D eigenvalue weighted by molar-refractivity contribution is 5.90. The largest absolute Gasteiger partial charge is 0.492 e. The summed E-state index contributed by atoms with van der Waals surface area (Å²) in [7, 11) is 0. The van der Waals surface area contributed by atoms with E-state index in [0.717, 1.165) is 17.7 Å². The van der Waals surface area contributed by atoms with Crippen LogP contribution in [0.15, 0.2) is 42.5 Å². The number of nitrogens with two attached hydrogens (primary N) is 1. The molecular weight excluding hydrogens is 288 g/mol. The van der Waals surface area contributed by atoms with E-state index in [2.05, 4.69) is 12.2 Å². The Balaban J connectivity index is 1.87. The Kier molecular flexibility index (Phi) is 6.03. The van der Waals surface area contributed by atoms with E-state index in [-0.39, 0.29) is 5.91 Å². The molecule has 0 atom stereocenters. The molecule has 2 rings (SSSR count). The lowest BCUT2D eigenvalue weighted by Gasteiger charge is -2.09. The van der Waals surface area contributed by atoms with Crippen LogP contribution >= 0.6 is 0 Å². The lowest BCUT2D eigenvalue weighted by Crippen LogP contribution is -2.12. The average Bonchev–Trinajstić information content (AvgIpc) is 2.56. The van der Waals surface area contributed by atoms with Crippen LogP contribution in [0.4, 0.5) is 11.4 Å². The summed E-state index contributed by atoms with van der Waals surface area (Å²) >= 11 is 0. The molecule has 0 unspecified atom stereocenters. The van der Waals surface area contributed by atoms with Gasteiger partial charge in [0, 0.05) is 12.1 Å². The molecule has 0 aliphatic carbocycles. The average molecular weight is 312 g/mol. The fourth-order valence-electron chi connectivity index (χ4n) is 2.35. The summed E-state index contributed by atoms with van der Waals surface area (Å²) in [6, 6.07) is 13.6. The molecule has 4 nitrogen and oxygen atoms in total. The lowest BCUT2D eigenvalue weighted by molar-refractivity contribution is -0.116. The van der Waals surface area contributed by atoms with Crippen LogP contribution in [0.2, 0.25) is 0 Å². The number of hydrogen-bond acceptors (Lipinski definition) is 3. The number of aryl methyl sites for hydroxylation is 2. The fraction of sp³-hybridized carbons (Fsp3) is 0.316. The molecule has 1 amide bonds. The summed E-state index contributed by atoms with van der Waals surface area (Å²) in [6.07, 6.45) is 2.06. The number of benzene rings is 2. The molecule has 0 aliphatic heterocycles. The number of ether oxygens (including phenoxy) is 1. The molecule has 0 radical (unpaired) electrons. The second-order valence-corrected chi connectivity index (χ2v) is 5.40. The predicted octanol–water partition coefficient (Wildman–Crippen LogP) is 3.80. The van der Waals surface area contributed by atoms with E-state index < -0.39 is 0 Å². The zero-order valence-corrected chi connectivity index (χ0v) is 13.8. The van der Waals surface area contributed by atoms with Gasteiger partial charge in [-0.25, -0.2) is 0 Å². The maximum Gasteiger partial charge on any atom is 0.224 e. The number of carbonyl (C=O) groups is 1. The van der Waals surface area contributed by atoms with Crippen molar-refractivity contribution < 1.29 is 9.53 Å². The Morgan fingerprint density at radius 1 is 1.09 bits per heavy atom. The van der Waals surface area contributed by atoms with Crippen molar-refractivity contribution >= 4 is 17.3 Å². The number of anilines is 2. The highest BCUT2D eigenvalue weighted by atomic mass is 16.5. The molecule has 0 bridgehead atoms. The summed E-state index contributed by atoms with van der Waals surface area (Å²) in [5.41, 5.74) is 9.67. The number of rotatable bonds is 7. The number of nitrogen functional groups attached to an aromatic ring is 1. The van der Waals surface area contributed by atoms with Gasteiger partial charge in [-0.2, -0.15) is 0 Å². The van der Waals surface area contributed by atoms with E-state index in [9.17, 15) is 4.79 Å². The zero-order valence-electron chi connectivity index (χ0n) is 13.8. The molecule has 0 saturated heterocycles. The van der Waals surface area contributed by atoms with Crippen LogP contribution in [0.1, 0.15) is 31.4 Å². The molecule has 122 valence electrons. The van der Waals surface area contributed by atoms with Crippen LogP contribution in [0.25, 0.3) is 0 Å². The third-order valence-corrected chi connectivity index (χ3v) is 3.66. The van der Waals surface area contributed by atoms with Crippen LogP contribution in [0.3, 0.4) is 0 Å². The van der Waals surface area contributed by atoms with Gasteiger partial charge >= 0.3 is 0 Å². The summed E-state index contributed by atoms with van der Waals surface area (Å²) < 4.78 is 5.41. The molecule has 2 aromatic rings. The van der Waals surface area contributed by atoms with Crippen LogP contribution in [0, 0.1) is 0 Å². The van der Waals surface area contributed by atoms with Crippen molar-refractivity contribution in [1.29, 1.82) is 0 Å². The quantitative estimate of drug-likeness (QED) is 0.764. The monoisotopic (exact) mass is 312 g/mol. The Morgan fingerprint density at radius 3 is 2.39 bits per heavy atom.